The van der Waals surface area contributed by atoms with E-state index in [0.717, 1.165) is 44.0 Å². The molecule has 0 saturated heterocycles. The number of H-pyrrole nitrogens is 1. The highest BCUT2D eigenvalue weighted by Gasteiger charge is 2.08. The zero-order chi connectivity index (χ0) is 17.1. The molecule has 0 amide bonds. The first-order valence-corrected chi connectivity index (χ1v) is 7.60. The Morgan fingerprint density at radius 1 is 1.30 bits per heavy atom. The number of carbonyl (C=O) groups excluding carboxylic acids is 2. The molecule has 2 aromatic heterocycles. The number of carbonyl (C=O) groups is 2. The molecular formula is C16H25N5O2. The Kier molecular flexibility index (Phi) is 8.52. The number of imidazole rings is 2. The molecule has 2 heterocycles. The third-order valence-corrected chi connectivity index (χ3v) is 2.91. The first kappa shape index (κ1) is 18.8. The number of aryl methyl sites for hydroxylation is 1. The number of nitrogens with zero attached hydrogens (tertiary/aromatic N) is 4. The van der Waals surface area contributed by atoms with Gasteiger partial charge in [-0.1, -0.05) is 0 Å². The van der Waals surface area contributed by atoms with Crippen molar-refractivity contribution in [3.8, 4) is 0 Å². The van der Waals surface area contributed by atoms with Crippen LogP contribution in [0.1, 0.15) is 38.3 Å². The summed E-state index contributed by atoms with van der Waals surface area (Å²) >= 11 is 0. The van der Waals surface area contributed by atoms with Crippen molar-refractivity contribution in [2.24, 2.45) is 0 Å². The van der Waals surface area contributed by atoms with Crippen molar-refractivity contribution in [2.45, 2.75) is 46.3 Å². The number of hydrogen-bond acceptors (Lipinski definition) is 5. The number of nitrogens with one attached hydrogen (secondary N) is 1. The van der Waals surface area contributed by atoms with Crippen LogP contribution in [0.3, 0.4) is 0 Å². The van der Waals surface area contributed by atoms with Gasteiger partial charge in [0.2, 0.25) is 0 Å². The van der Waals surface area contributed by atoms with Crippen LogP contribution in [0.5, 0.6) is 0 Å². The normalized spacial score (nSPS) is 10.3. The Balaban J connectivity index is 0.000000593. The summed E-state index contributed by atoms with van der Waals surface area (Å²) in [7, 11) is 2.03. The SMILES string of the molecule is CC(C)=O.CN(Cc1ncc[nH]1)Cc1nccn1CCCC=O. The fourth-order valence-electron chi connectivity index (χ4n) is 1.98. The van der Waals surface area contributed by atoms with E-state index < -0.39 is 0 Å². The van der Waals surface area contributed by atoms with Crippen LogP contribution in [0.15, 0.2) is 24.8 Å². The quantitative estimate of drug-likeness (QED) is 0.592. The van der Waals surface area contributed by atoms with E-state index in [1.807, 2.05) is 19.4 Å². The average molecular weight is 319 g/mol. The lowest BCUT2D eigenvalue weighted by molar-refractivity contribution is -0.115. The third-order valence-electron chi connectivity index (χ3n) is 2.91. The summed E-state index contributed by atoms with van der Waals surface area (Å²) in [6.45, 7) is 5.41. The molecule has 0 atom stereocenters. The smallest absolute Gasteiger partial charge is 0.126 e. The van der Waals surface area contributed by atoms with Gasteiger partial charge in [-0.3, -0.25) is 4.90 Å². The zero-order valence-corrected chi connectivity index (χ0v) is 14.0. The molecule has 7 nitrogen and oxygen atoms in total. The Labute approximate surface area is 136 Å². The second-order valence-electron chi connectivity index (χ2n) is 5.46. The predicted molar refractivity (Wildman–Crippen MR) is 87.6 cm³/mol. The number of hydrogen-bond donors (Lipinski definition) is 1. The van der Waals surface area contributed by atoms with Gasteiger partial charge in [0.05, 0.1) is 13.1 Å². The van der Waals surface area contributed by atoms with Crippen molar-refractivity contribution >= 4 is 12.1 Å². The Morgan fingerprint density at radius 3 is 2.65 bits per heavy atom. The highest BCUT2D eigenvalue weighted by Crippen LogP contribution is 2.06. The fraction of sp³-hybridized carbons (Fsp3) is 0.500. The molecule has 2 rings (SSSR count). The maximum absolute atomic E-state index is 10.3. The Hall–Kier alpha value is -2.28. The molecule has 0 spiro atoms. The standard InChI is InChI=1S/C13H19N5O.C3H6O/c1-17(10-12-14-4-5-15-12)11-13-16-6-8-18(13)7-2-3-9-19;1-3(2)4/h4-6,8-9H,2-3,7,10-11H2,1H3,(H,14,15);1-2H3. The highest BCUT2D eigenvalue weighted by atomic mass is 16.1. The number of Topliss-reactive ketones (excluding diaryl/α,β-unsaturated/α-hetero) is 1. The molecule has 0 radical (unpaired) electrons. The molecule has 0 aromatic carbocycles. The molecule has 2 aromatic rings. The number of ketones is 1. The molecule has 0 aliphatic heterocycles. The van der Waals surface area contributed by atoms with Gasteiger partial charge in [0.25, 0.3) is 0 Å². The topological polar surface area (TPSA) is 83.9 Å². The number of rotatable bonds is 8. The summed E-state index contributed by atoms with van der Waals surface area (Å²) in [6, 6.07) is 0. The monoisotopic (exact) mass is 319 g/mol. The lowest BCUT2D eigenvalue weighted by Gasteiger charge is -2.15. The molecule has 0 aliphatic rings. The molecule has 0 fully saturated rings. The number of unbranched alkanes of at least 4 members (excludes halogenated alkanes) is 1. The maximum Gasteiger partial charge on any atom is 0.126 e. The third kappa shape index (κ3) is 8.06. The van der Waals surface area contributed by atoms with Crippen LogP contribution in [-0.2, 0) is 29.2 Å². The number of aromatic amines is 1. The van der Waals surface area contributed by atoms with E-state index in [0.29, 0.717) is 6.42 Å². The second-order valence-corrected chi connectivity index (χ2v) is 5.46. The highest BCUT2D eigenvalue weighted by molar-refractivity contribution is 5.72. The van der Waals surface area contributed by atoms with E-state index in [9.17, 15) is 9.59 Å². The van der Waals surface area contributed by atoms with Crippen LogP contribution in [0.25, 0.3) is 0 Å². The van der Waals surface area contributed by atoms with Crippen LogP contribution in [0.4, 0.5) is 0 Å². The van der Waals surface area contributed by atoms with Gasteiger partial charge in [-0.2, -0.15) is 0 Å². The van der Waals surface area contributed by atoms with E-state index in [2.05, 4.69) is 24.4 Å². The van der Waals surface area contributed by atoms with Crippen molar-refractivity contribution in [3.63, 3.8) is 0 Å². The largest absolute Gasteiger partial charge is 0.348 e. The van der Waals surface area contributed by atoms with Gasteiger partial charge in [-0.15, -0.1) is 0 Å². The van der Waals surface area contributed by atoms with Crippen LogP contribution in [0.2, 0.25) is 0 Å². The summed E-state index contributed by atoms with van der Waals surface area (Å²) in [4.78, 5) is 33.6. The van der Waals surface area contributed by atoms with Gasteiger partial charge < -0.3 is 19.1 Å². The summed E-state index contributed by atoms with van der Waals surface area (Å²) < 4.78 is 2.10. The van der Waals surface area contributed by atoms with E-state index in [-0.39, 0.29) is 5.78 Å². The number of aromatic nitrogens is 4. The van der Waals surface area contributed by atoms with Gasteiger partial charge >= 0.3 is 0 Å². The Bertz CT molecular complexity index is 573. The summed E-state index contributed by atoms with van der Waals surface area (Å²) in [5.41, 5.74) is 0. The van der Waals surface area contributed by atoms with Crippen molar-refractivity contribution in [1.29, 1.82) is 0 Å². The molecule has 0 unspecified atom stereocenters. The van der Waals surface area contributed by atoms with Crippen molar-refractivity contribution in [1.82, 2.24) is 24.4 Å². The van der Waals surface area contributed by atoms with E-state index in [1.54, 1.807) is 12.4 Å². The fourth-order valence-corrected chi connectivity index (χ4v) is 1.98. The summed E-state index contributed by atoms with van der Waals surface area (Å²) in [6.07, 6.45) is 9.75. The van der Waals surface area contributed by atoms with E-state index in [1.165, 1.54) is 13.8 Å². The summed E-state index contributed by atoms with van der Waals surface area (Å²) in [5.74, 6) is 2.13. The summed E-state index contributed by atoms with van der Waals surface area (Å²) in [5, 5.41) is 0. The van der Waals surface area contributed by atoms with Gasteiger partial charge in [0.15, 0.2) is 0 Å². The van der Waals surface area contributed by atoms with Crippen LogP contribution in [-0.4, -0.2) is 43.5 Å². The maximum atomic E-state index is 10.3. The van der Waals surface area contributed by atoms with Gasteiger partial charge in [0.1, 0.15) is 23.7 Å². The predicted octanol–water partition coefficient (Wildman–Crippen LogP) is 1.81. The van der Waals surface area contributed by atoms with Crippen molar-refractivity contribution in [2.75, 3.05) is 7.05 Å². The van der Waals surface area contributed by atoms with Gasteiger partial charge in [-0.25, -0.2) is 9.97 Å². The molecular weight excluding hydrogens is 294 g/mol. The van der Waals surface area contributed by atoms with Crippen LogP contribution in [0, 0.1) is 0 Å². The minimum Gasteiger partial charge on any atom is -0.348 e. The minimum absolute atomic E-state index is 0.167. The zero-order valence-electron chi connectivity index (χ0n) is 14.0. The van der Waals surface area contributed by atoms with Crippen LogP contribution >= 0.6 is 0 Å². The minimum atomic E-state index is 0.167. The average Bonchev–Trinajstić information content (AvgIpc) is 3.11. The van der Waals surface area contributed by atoms with Crippen molar-refractivity contribution < 1.29 is 9.59 Å². The Morgan fingerprint density at radius 2 is 2.04 bits per heavy atom. The number of aldehydes is 1. The molecule has 126 valence electrons. The molecule has 1 N–H and O–H groups in total. The molecule has 7 heteroatoms. The van der Waals surface area contributed by atoms with E-state index in [4.69, 9.17) is 0 Å². The second kappa shape index (κ2) is 10.4. The lowest BCUT2D eigenvalue weighted by Crippen LogP contribution is -2.20. The van der Waals surface area contributed by atoms with Crippen molar-refractivity contribution in [3.05, 3.63) is 36.4 Å². The van der Waals surface area contributed by atoms with E-state index >= 15 is 0 Å². The molecule has 0 aliphatic carbocycles. The molecule has 0 bridgehead atoms. The first-order valence-electron chi connectivity index (χ1n) is 7.60. The van der Waals surface area contributed by atoms with Crippen LogP contribution < -0.4 is 0 Å². The van der Waals surface area contributed by atoms with Gasteiger partial charge in [-0.05, 0) is 27.3 Å². The molecule has 23 heavy (non-hydrogen) atoms. The molecule has 0 saturated carbocycles. The lowest BCUT2D eigenvalue weighted by atomic mass is 10.3. The first-order chi connectivity index (χ1) is 11.0. The van der Waals surface area contributed by atoms with Gasteiger partial charge in [0, 0.05) is 37.8 Å².